The fourth-order valence-electron chi connectivity index (χ4n) is 4.57. The molecule has 2 aromatic rings. The number of ether oxygens (including phenoxy) is 1. The number of carbonyl (C=O) groups excluding carboxylic acids is 4. The molecule has 3 amide bonds. The third-order valence-electron chi connectivity index (χ3n) is 6.71. The smallest absolute Gasteiger partial charge is 0.317 e. The number of aryl methyl sites for hydroxylation is 1. The molecule has 1 N–H and O–H groups in total. The van der Waals surface area contributed by atoms with Gasteiger partial charge in [-0.05, 0) is 43.4 Å². The van der Waals surface area contributed by atoms with Crippen molar-refractivity contribution >= 4 is 29.4 Å². The van der Waals surface area contributed by atoms with Crippen LogP contribution in [0, 0.1) is 6.92 Å². The van der Waals surface area contributed by atoms with Crippen LogP contribution >= 0.6 is 0 Å². The summed E-state index contributed by atoms with van der Waals surface area (Å²) in [6.07, 6.45) is 1.49. The van der Waals surface area contributed by atoms with Crippen LogP contribution in [0.3, 0.4) is 0 Å². The maximum absolute atomic E-state index is 13.4. The van der Waals surface area contributed by atoms with Crippen molar-refractivity contribution < 1.29 is 23.9 Å². The van der Waals surface area contributed by atoms with E-state index >= 15 is 0 Å². The number of nitrogens with one attached hydrogen (secondary N) is 1. The zero-order valence-corrected chi connectivity index (χ0v) is 21.3. The van der Waals surface area contributed by atoms with Crippen LogP contribution in [0.5, 0.6) is 0 Å². The Morgan fingerprint density at radius 2 is 1.64 bits per heavy atom. The molecule has 1 heterocycles. The highest BCUT2D eigenvalue weighted by molar-refractivity contribution is 5.95. The van der Waals surface area contributed by atoms with Gasteiger partial charge in [0.2, 0.25) is 11.8 Å². The number of likely N-dealkylation sites (tertiary alicyclic amines) is 1. The van der Waals surface area contributed by atoms with Gasteiger partial charge < -0.3 is 19.9 Å². The van der Waals surface area contributed by atoms with Crippen LogP contribution in [0.15, 0.2) is 54.6 Å². The Morgan fingerprint density at radius 1 is 1.00 bits per heavy atom. The maximum Gasteiger partial charge on any atom is 0.317 e. The van der Waals surface area contributed by atoms with Gasteiger partial charge in [0.1, 0.15) is 0 Å². The van der Waals surface area contributed by atoms with Gasteiger partial charge in [-0.3, -0.25) is 19.2 Å². The SMILES string of the molecule is CCCN(CC(=O)Nc1ccccc1C)C(=O)COC(=O)C1(c2ccccc2)CCN(C(C)=O)CC1. The summed E-state index contributed by atoms with van der Waals surface area (Å²) in [7, 11) is 0. The summed E-state index contributed by atoms with van der Waals surface area (Å²) in [5.74, 6) is -1.24. The molecular formula is C28H35N3O5. The zero-order valence-electron chi connectivity index (χ0n) is 21.3. The van der Waals surface area contributed by atoms with Gasteiger partial charge in [0.25, 0.3) is 5.91 Å². The molecule has 1 saturated heterocycles. The number of hydrogen-bond donors (Lipinski definition) is 1. The average Bonchev–Trinajstić information content (AvgIpc) is 2.88. The number of hydrogen-bond acceptors (Lipinski definition) is 5. The first-order valence-corrected chi connectivity index (χ1v) is 12.4. The molecule has 0 spiro atoms. The zero-order chi connectivity index (χ0) is 26.1. The Hall–Kier alpha value is -3.68. The Kier molecular flexibility index (Phi) is 9.22. The highest BCUT2D eigenvalue weighted by Crippen LogP contribution is 2.37. The lowest BCUT2D eigenvalue weighted by molar-refractivity contribution is -0.159. The summed E-state index contributed by atoms with van der Waals surface area (Å²) in [5.41, 5.74) is 1.51. The number of amides is 3. The van der Waals surface area contributed by atoms with Crippen LogP contribution < -0.4 is 5.32 Å². The van der Waals surface area contributed by atoms with E-state index in [1.54, 1.807) is 11.0 Å². The Labute approximate surface area is 212 Å². The number of piperidine rings is 1. The van der Waals surface area contributed by atoms with Gasteiger partial charge in [0.05, 0.1) is 12.0 Å². The van der Waals surface area contributed by atoms with Crippen LogP contribution in [-0.4, -0.2) is 66.3 Å². The predicted octanol–water partition coefficient (Wildman–Crippen LogP) is 3.30. The van der Waals surface area contributed by atoms with Crippen molar-refractivity contribution in [1.82, 2.24) is 9.80 Å². The largest absolute Gasteiger partial charge is 0.455 e. The van der Waals surface area contributed by atoms with E-state index in [-0.39, 0.29) is 18.4 Å². The molecule has 2 aromatic carbocycles. The minimum atomic E-state index is -0.925. The first kappa shape index (κ1) is 26.9. The highest BCUT2D eigenvalue weighted by Gasteiger charge is 2.45. The third kappa shape index (κ3) is 6.50. The molecule has 3 rings (SSSR count). The van der Waals surface area contributed by atoms with Crippen LogP contribution in [-0.2, 0) is 29.3 Å². The minimum absolute atomic E-state index is 0.0283. The Bertz CT molecular complexity index is 1080. The molecule has 0 aliphatic carbocycles. The lowest BCUT2D eigenvalue weighted by atomic mass is 9.72. The van der Waals surface area contributed by atoms with E-state index < -0.39 is 23.9 Å². The summed E-state index contributed by atoms with van der Waals surface area (Å²) < 4.78 is 5.58. The molecule has 0 atom stereocenters. The molecule has 1 fully saturated rings. The van der Waals surface area contributed by atoms with E-state index in [9.17, 15) is 19.2 Å². The lowest BCUT2D eigenvalue weighted by Gasteiger charge is -2.40. The second-order valence-corrected chi connectivity index (χ2v) is 9.21. The number of anilines is 1. The summed E-state index contributed by atoms with van der Waals surface area (Å²) in [5, 5.41) is 2.84. The van der Waals surface area contributed by atoms with E-state index in [2.05, 4.69) is 5.32 Å². The standard InChI is InChI=1S/C28H35N3O5/c1-4-16-31(19-25(33)29-24-13-9-8-10-21(24)2)26(34)20-36-27(35)28(23-11-6-5-7-12-23)14-17-30(18-15-28)22(3)32/h5-13H,4,14-20H2,1-3H3,(H,29,33). The fraction of sp³-hybridized carbons (Fsp3) is 0.429. The van der Waals surface area contributed by atoms with Gasteiger partial charge in [-0.25, -0.2) is 0 Å². The lowest BCUT2D eigenvalue weighted by Crippen LogP contribution is -2.50. The van der Waals surface area contributed by atoms with Crippen molar-refractivity contribution in [3.63, 3.8) is 0 Å². The molecule has 1 aliphatic rings. The van der Waals surface area contributed by atoms with Crippen LogP contribution in [0.25, 0.3) is 0 Å². The van der Waals surface area contributed by atoms with Crippen LogP contribution in [0.4, 0.5) is 5.69 Å². The van der Waals surface area contributed by atoms with Crippen molar-refractivity contribution in [2.24, 2.45) is 0 Å². The van der Waals surface area contributed by atoms with Crippen molar-refractivity contribution in [3.05, 3.63) is 65.7 Å². The number of para-hydroxylation sites is 1. The average molecular weight is 494 g/mol. The number of nitrogens with zero attached hydrogens (tertiary/aromatic N) is 2. The van der Waals surface area contributed by atoms with Gasteiger partial charge in [-0.15, -0.1) is 0 Å². The van der Waals surface area contributed by atoms with E-state index in [0.29, 0.717) is 44.6 Å². The first-order valence-electron chi connectivity index (χ1n) is 12.4. The Morgan fingerprint density at radius 3 is 2.25 bits per heavy atom. The summed E-state index contributed by atoms with van der Waals surface area (Å²) >= 11 is 0. The first-order chi connectivity index (χ1) is 17.3. The van der Waals surface area contributed by atoms with Crippen molar-refractivity contribution in [2.75, 3.05) is 38.1 Å². The minimum Gasteiger partial charge on any atom is -0.455 e. The number of rotatable bonds is 9. The maximum atomic E-state index is 13.4. The summed E-state index contributed by atoms with van der Waals surface area (Å²) in [4.78, 5) is 53.9. The molecule has 0 aromatic heterocycles. The topological polar surface area (TPSA) is 96.0 Å². The van der Waals surface area contributed by atoms with E-state index in [1.807, 2.05) is 62.4 Å². The molecule has 8 heteroatoms. The second kappa shape index (κ2) is 12.3. The Balaban J connectivity index is 1.66. The predicted molar refractivity (Wildman–Crippen MR) is 137 cm³/mol. The molecule has 192 valence electrons. The van der Waals surface area contributed by atoms with E-state index in [4.69, 9.17) is 4.74 Å². The monoisotopic (exact) mass is 493 g/mol. The second-order valence-electron chi connectivity index (χ2n) is 9.21. The molecule has 36 heavy (non-hydrogen) atoms. The van der Waals surface area contributed by atoms with Gasteiger partial charge in [0.15, 0.2) is 6.61 Å². The molecule has 0 bridgehead atoms. The number of esters is 1. The number of carbonyl (C=O) groups is 4. The van der Waals surface area contributed by atoms with Gasteiger partial charge in [0, 0.05) is 32.2 Å². The molecule has 8 nitrogen and oxygen atoms in total. The van der Waals surface area contributed by atoms with Crippen LogP contribution in [0.1, 0.15) is 44.2 Å². The van der Waals surface area contributed by atoms with Crippen molar-refractivity contribution in [1.29, 1.82) is 0 Å². The molecule has 0 saturated carbocycles. The molecular weight excluding hydrogens is 458 g/mol. The fourth-order valence-corrected chi connectivity index (χ4v) is 4.57. The van der Waals surface area contributed by atoms with Gasteiger partial charge in [-0.2, -0.15) is 0 Å². The van der Waals surface area contributed by atoms with E-state index in [0.717, 1.165) is 11.1 Å². The van der Waals surface area contributed by atoms with Crippen LogP contribution in [0.2, 0.25) is 0 Å². The quantitative estimate of drug-likeness (QED) is 0.541. The van der Waals surface area contributed by atoms with Gasteiger partial charge >= 0.3 is 5.97 Å². The molecule has 0 unspecified atom stereocenters. The summed E-state index contributed by atoms with van der Waals surface area (Å²) in [6.45, 7) is 6.01. The normalized spacial score (nSPS) is 14.6. The highest BCUT2D eigenvalue weighted by atomic mass is 16.5. The third-order valence-corrected chi connectivity index (χ3v) is 6.71. The van der Waals surface area contributed by atoms with Gasteiger partial charge in [-0.1, -0.05) is 55.5 Å². The molecule has 1 aliphatic heterocycles. The summed E-state index contributed by atoms with van der Waals surface area (Å²) in [6, 6.07) is 16.8. The number of benzene rings is 2. The van der Waals surface area contributed by atoms with Crippen molar-refractivity contribution in [2.45, 2.75) is 45.4 Å². The van der Waals surface area contributed by atoms with E-state index in [1.165, 1.54) is 11.8 Å². The van der Waals surface area contributed by atoms with Crippen molar-refractivity contribution in [3.8, 4) is 0 Å². The molecule has 0 radical (unpaired) electrons.